The van der Waals surface area contributed by atoms with Crippen LogP contribution in [0.4, 0.5) is 0 Å². The zero-order valence-corrected chi connectivity index (χ0v) is 11.2. The summed E-state index contributed by atoms with van der Waals surface area (Å²) < 4.78 is 6.35. The van der Waals surface area contributed by atoms with E-state index in [0.717, 1.165) is 23.0 Å². The van der Waals surface area contributed by atoms with Gasteiger partial charge in [-0.3, -0.25) is 16.3 Å². The maximum absolute atomic E-state index is 5.54. The Morgan fingerprint density at radius 3 is 2.75 bits per heavy atom. The number of nitrogens with one attached hydrogen (secondary N) is 1. The summed E-state index contributed by atoms with van der Waals surface area (Å²) in [6.07, 6.45) is 3.57. The number of ether oxygens (including phenoxy) is 1. The summed E-state index contributed by atoms with van der Waals surface area (Å²) in [4.78, 5) is 4.32. The van der Waals surface area contributed by atoms with Gasteiger partial charge in [0.1, 0.15) is 0 Å². The first-order valence-corrected chi connectivity index (χ1v) is 6.09. The standard InChI is InChI=1S/C11H18BrN3O/c1-3-11(16-2)10(15-13)6-9-5-4-8(12)7-14-9/h4-5,7,10-11,15H,3,6,13H2,1-2H3. The van der Waals surface area contributed by atoms with E-state index in [0.29, 0.717) is 0 Å². The summed E-state index contributed by atoms with van der Waals surface area (Å²) in [5.41, 5.74) is 3.79. The van der Waals surface area contributed by atoms with Crippen molar-refractivity contribution in [3.63, 3.8) is 0 Å². The highest BCUT2D eigenvalue weighted by molar-refractivity contribution is 9.10. The zero-order chi connectivity index (χ0) is 12.0. The van der Waals surface area contributed by atoms with Crippen molar-refractivity contribution >= 4 is 15.9 Å². The molecule has 5 heteroatoms. The van der Waals surface area contributed by atoms with Gasteiger partial charge in [0.15, 0.2) is 0 Å². The third-order valence-corrected chi connectivity index (χ3v) is 3.05. The summed E-state index contributed by atoms with van der Waals surface area (Å²) in [5, 5.41) is 0. The molecule has 2 unspecified atom stereocenters. The second-order valence-corrected chi connectivity index (χ2v) is 4.54. The van der Waals surface area contributed by atoms with Gasteiger partial charge in [-0.1, -0.05) is 6.92 Å². The minimum absolute atomic E-state index is 0.0867. The third-order valence-electron chi connectivity index (χ3n) is 2.59. The normalized spacial score (nSPS) is 14.8. The summed E-state index contributed by atoms with van der Waals surface area (Å²) in [6, 6.07) is 4.05. The van der Waals surface area contributed by atoms with Crippen molar-refractivity contribution in [3.05, 3.63) is 28.5 Å². The SMILES string of the molecule is CCC(OC)C(Cc1ccc(Br)cn1)NN. The van der Waals surface area contributed by atoms with Crippen LogP contribution in [0, 0.1) is 0 Å². The molecule has 2 atom stereocenters. The van der Waals surface area contributed by atoms with Gasteiger partial charge in [-0.25, -0.2) is 0 Å². The Morgan fingerprint density at radius 2 is 2.31 bits per heavy atom. The van der Waals surface area contributed by atoms with Crippen molar-refractivity contribution in [1.29, 1.82) is 0 Å². The lowest BCUT2D eigenvalue weighted by molar-refractivity contribution is 0.0650. The number of methoxy groups -OCH3 is 1. The Kier molecular flexibility index (Phi) is 5.90. The fourth-order valence-corrected chi connectivity index (χ4v) is 1.90. The molecule has 0 spiro atoms. The molecule has 90 valence electrons. The van der Waals surface area contributed by atoms with E-state index in [1.165, 1.54) is 0 Å². The van der Waals surface area contributed by atoms with Gasteiger partial charge in [-0.2, -0.15) is 0 Å². The number of halogens is 1. The lowest BCUT2D eigenvalue weighted by atomic mass is 10.0. The van der Waals surface area contributed by atoms with Gasteiger partial charge in [-0.05, 0) is 34.5 Å². The molecule has 0 aliphatic carbocycles. The van der Waals surface area contributed by atoms with E-state index in [1.807, 2.05) is 12.1 Å². The monoisotopic (exact) mass is 287 g/mol. The Bertz CT molecular complexity index is 301. The molecule has 1 heterocycles. The van der Waals surface area contributed by atoms with E-state index in [1.54, 1.807) is 13.3 Å². The van der Waals surface area contributed by atoms with Gasteiger partial charge < -0.3 is 4.74 Å². The second-order valence-electron chi connectivity index (χ2n) is 3.63. The van der Waals surface area contributed by atoms with Crippen molar-refractivity contribution in [1.82, 2.24) is 10.4 Å². The van der Waals surface area contributed by atoms with E-state index >= 15 is 0 Å². The predicted molar refractivity (Wildman–Crippen MR) is 67.8 cm³/mol. The van der Waals surface area contributed by atoms with Crippen LogP contribution in [0.1, 0.15) is 19.0 Å². The molecule has 0 aliphatic heterocycles. The number of hydrogen-bond acceptors (Lipinski definition) is 4. The number of hydrazine groups is 1. The maximum atomic E-state index is 5.54. The molecule has 1 aromatic rings. The van der Waals surface area contributed by atoms with E-state index in [-0.39, 0.29) is 12.1 Å². The van der Waals surface area contributed by atoms with Crippen molar-refractivity contribution in [2.24, 2.45) is 5.84 Å². The fraction of sp³-hybridized carbons (Fsp3) is 0.545. The second kappa shape index (κ2) is 6.96. The lowest BCUT2D eigenvalue weighted by Gasteiger charge is -2.23. The van der Waals surface area contributed by atoms with Gasteiger partial charge in [0.25, 0.3) is 0 Å². The van der Waals surface area contributed by atoms with Gasteiger partial charge in [0.05, 0.1) is 12.1 Å². The van der Waals surface area contributed by atoms with Crippen molar-refractivity contribution in [2.45, 2.75) is 31.9 Å². The predicted octanol–water partition coefficient (Wildman–Crippen LogP) is 1.64. The van der Waals surface area contributed by atoms with Crippen molar-refractivity contribution < 1.29 is 4.74 Å². The number of aromatic nitrogens is 1. The molecule has 0 radical (unpaired) electrons. The van der Waals surface area contributed by atoms with E-state index in [2.05, 4.69) is 33.3 Å². The zero-order valence-electron chi connectivity index (χ0n) is 9.61. The summed E-state index contributed by atoms with van der Waals surface area (Å²) in [7, 11) is 1.70. The number of pyridine rings is 1. The van der Waals surface area contributed by atoms with Crippen LogP contribution < -0.4 is 11.3 Å². The van der Waals surface area contributed by atoms with Crippen molar-refractivity contribution in [2.75, 3.05) is 7.11 Å². The minimum Gasteiger partial charge on any atom is -0.380 e. The molecular formula is C11H18BrN3O. The van der Waals surface area contributed by atoms with Crippen LogP contribution in [0.15, 0.2) is 22.8 Å². The number of nitrogens with two attached hydrogens (primary N) is 1. The quantitative estimate of drug-likeness (QED) is 0.617. The molecule has 0 saturated heterocycles. The Hall–Kier alpha value is -0.490. The summed E-state index contributed by atoms with van der Waals surface area (Å²) >= 11 is 3.36. The summed E-state index contributed by atoms with van der Waals surface area (Å²) in [5.74, 6) is 5.54. The average molecular weight is 288 g/mol. The van der Waals surface area contributed by atoms with E-state index in [9.17, 15) is 0 Å². The average Bonchev–Trinajstić information content (AvgIpc) is 2.32. The molecule has 0 fully saturated rings. The molecule has 0 aliphatic rings. The molecule has 1 rings (SSSR count). The Balaban J connectivity index is 2.65. The van der Waals surface area contributed by atoms with E-state index in [4.69, 9.17) is 10.6 Å². The summed E-state index contributed by atoms with van der Waals surface area (Å²) in [6.45, 7) is 2.08. The highest BCUT2D eigenvalue weighted by Gasteiger charge is 2.18. The first kappa shape index (κ1) is 13.6. The lowest BCUT2D eigenvalue weighted by Crippen LogP contribution is -2.46. The van der Waals surface area contributed by atoms with E-state index < -0.39 is 0 Å². The maximum Gasteiger partial charge on any atom is 0.0738 e. The van der Waals surface area contributed by atoms with Crippen LogP contribution in [0.2, 0.25) is 0 Å². The molecule has 0 bridgehead atoms. The molecular weight excluding hydrogens is 270 g/mol. The van der Waals surface area contributed by atoms with Gasteiger partial charge in [0.2, 0.25) is 0 Å². The third kappa shape index (κ3) is 3.83. The molecule has 4 nitrogen and oxygen atoms in total. The first-order valence-electron chi connectivity index (χ1n) is 5.30. The topological polar surface area (TPSA) is 60.2 Å². The highest BCUT2D eigenvalue weighted by atomic mass is 79.9. The molecule has 0 aromatic carbocycles. The van der Waals surface area contributed by atoms with Crippen LogP contribution in [-0.2, 0) is 11.2 Å². The van der Waals surface area contributed by atoms with Crippen LogP contribution in [-0.4, -0.2) is 24.2 Å². The van der Waals surface area contributed by atoms with Gasteiger partial charge in [0, 0.05) is 29.9 Å². The van der Waals surface area contributed by atoms with Crippen molar-refractivity contribution in [3.8, 4) is 0 Å². The number of rotatable bonds is 6. The highest BCUT2D eigenvalue weighted by Crippen LogP contribution is 2.11. The first-order chi connectivity index (χ1) is 7.71. The number of hydrogen-bond donors (Lipinski definition) is 2. The van der Waals surface area contributed by atoms with Gasteiger partial charge >= 0.3 is 0 Å². The van der Waals surface area contributed by atoms with Crippen LogP contribution in [0.5, 0.6) is 0 Å². The Morgan fingerprint density at radius 1 is 1.56 bits per heavy atom. The fourth-order valence-electron chi connectivity index (χ4n) is 1.67. The van der Waals surface area contributed by atoms with Crippen LogP contribution in [0.3, 0.4) is 0 Å². The molecule has 0 amide bonds. The molecule has 0 saturated carbocycles. The molecule has 1 aromatic heterocycles. The Labute approximate surface area is 105 Å². The largest absolute Gasteiger partial charge is 0.380 e. The van der Waals surface area contributed by atoms with Gasteiger partial charge in [-0.15, -0.1) is 0 Å². The molecule has 16 heavy (non-hydrogen) atoms. The van der Waals surface area contributed by atoms with Crippen LogP contribution in [0.25, 0.3) is 0 Å². The minimum atomic E-state index is 0.0867. The smallest absolute Gasteiger partial charge is 0.0738 e. The van der Waals surface area contributed by atoms with Crippen LogP contribution >= 0.6 is 15.9 Å². The number of nitrogens with zero attached hydrogens (tertiary/aromatic N) is 1. The molecule has 3 N–H and O–H groups in total.